The summed E-state index contributed by atoms with van der Waals surface area (Å²) in [5, 5.41) is 17.9. The lowest BCUT2D eigenvalue weighted by molar-refractivity contribution is -0.323. The highest BCUT2D eigenvalue weighted by Crippen LogP contribution is 2.59. The summed E-state index contributed by atoms with van der Waals surface area (Å²) in [5.41, 5.74) is -7.09. The Balaban J connectivity index is 2.69. The number of allylic oxidation sites excluding steroid dienone is 1. The van der Waals surface area contributed by atoms with Crippen LogP contribution in [0.1, 0.15) is 12.8 Å². The van der Waals surface area contributed by atoms with E-state index in [1.807, 2.05) is 0 Å². The van der Waals surface area contributed by atoms with Gasteiger partial charge in [-0.2, -0.15) is 0 Å². The number of hydrogen-bond acceptors (Lipinski definition) is 2. The molecule has 0 saturated heterocycles. The molecule has 3 atom stereocenters. The van der Waals surface area contributed by atoms with Gasteiger partial charge in [-0.1, -0.05) is 0 Å². The fraction of sp³-hybridized carbons (Fsp3) is 0.750. The van der Waals surface area contributed by atoms with E-state index in [-0.39, 0.29) is 0 Å². The van der Waals surface area contributed by atoms with Crippen molar-refractivity contribution < 1.29 is 32.2 Å². The van der Waals surface area contributed by atoms with Gasteiger partial charge in [-0.3, -0.25) is 0 Å². The molecule has 0 heterocycles. The van der Waals surface area contributed by atoms with Crippen LogP contribution in [0.4, 0.5) is 22.0 Å². The Morgan fingerprint density at radius 2 is 1.60 bits per heavy atom. The summed E-state index contributed by atoms with van der Waals surface area (Å²) in [6.45, 7) is 0. The molecule has 2 N–H and O–H groups in total. The molecule has 0 spiro atoms. The molecule has 3 aliphatic rings. The molecule has 7 heteroatoms. The lowest BCUT2D eigenvalue weighted by atomic mass is 9.65. The summed E-state index contributed by atoms with van der Waals surface area (Å²) in [6.07, 6.45) is -5.23. The first-order valence-corrected chi connectivity index (χ1v) is 4.21. The van der Waals surface area contributed by atoms with E-state index in [1.54, 1.807) is 0 Å². The molecule has 1 unspecified atom stereocenters. The zero-order valence-electron chi connectivity index (χ0n) is 7.28. The fourth-order valence-corrected chi connectivity index (χ4v) is 2.03. The smallest absolute Gasteiger partial charge is 0.240 e. The number of hydrogen-bond donors (Lipinski definition) is 2. The fourth-order valence-electron chi connectivity index (χ4n) is 2.03. The van der Waals surface area contributed by atoms with Crippen LogP contribution >= 0.6 is 0 Å². The van der Waals surface area contributed by atoms with Crippen molar-refractivity contribution in [2.45, 2.75) is 36.1 Å². The molecule has 2 bridgehead atoms. The molecule has 1 saturated carbocycles. The van der Waals surface area contributed by atoms with Crippen LogP contribution in [0.15, 0.2) is 11.7 Å². The Hall–Kier alpha value is -0.690. The summed E-state index contributed by atoms with van der Waals surface area (Å²) < 4.78 is 66.2. The highest BCUT2D eigenvalue weighted by Gasteiger charge is 2.76. The van der Waals surface area contributed by atoms with E-state index in [1.165, 1.54) is 0 Å². The molecular weight excluding hydrogens is 223 g/mol. The van der Waals surface area contributed by atoms with Crippen LogP contribution in [0.5, 0.6) is 0 Å². The van der Waals surface area contributed by atoms with Crippen LogP contribution in [0, 0.1) is 0 Å². The molecule has 0 radical (unpaired) electrons. The summed E-state index contributed by atoms with van der Waals surface area (Å²) in [6, 6.07) is 0. The zero-order chi connectivity index (χ0) is 11.6. The van der Waals surface area contributed by atoms with E-state index in [2.05, 4.69) is 0 Å². The maximum absolute atomic E-state index is 13.6. The maximum Gasteiger partial charge on any atom is 0.240 e. The molecule has 3 rings (SSSR count). The van der Waals surface area contributed by atoms with Gasteiger partial charge in [0.15, 0.2) is 17.8 Å². The van der Waals surface area contributed by atoms with Gasteiger partial charge >= 0.3 is 0 Å². The first-order chi connectivity index (χ1) is 6.68. The molecule has 0 aromatic heterocycles. The van der Waals surface area contributed by atoms with E-state index in [0.29, 0.717) is 0 Å². The normalized spacial score (nSPS) is 48.6. The Morgan fingerprint density at radius 3 is 2.13 bits per heavy atom. The van der Waals surface area contributed by atoms with Gasteiger partial charge in [0.25, 0.3) is 0 Å². The van der Waals surface area contributed by atoms with Crippen molar-refractivity contribution in [3.8, 4) is 0 Å². The quantitative estimate of drug-likeness (QED) is 0.487. The van der Waals surface area contributed by atoms with Gasteiger partial charge in [0, 0.05) is 0 Å². The minimum atomic E-state index is -3.88. The van der Waals surface area contributed by atoms with Gasteiger partial charge in [-0.05, 0) is 12.8 Å². The molecule has 3 aliphatic carbocycles. The number of alkyl halides is 3. The van der Waals surface area contributed by atoms with Crippen molar-refractivity contribution in [3.05, 3.63) is 11.7 Å². The summed E-state index contributed by atoms with van der Waals surface area (Å²) in [5.74, 6) is -8.36. The van der Waals surface area contributed by atoms with Gasteiger partial charge in [-0.25, -0.2) is 22.0 Å². The maximum atomic E-state index is 13.6. The second kappa shape index (κ2) is 2.52. The number of halogens is 5. The SMILES string of the molecule is OC1(O)C(F)[C@@]2(F)CC[C@]1(F)C(F)=C2F. The van der Waals surface area contributed by atoms with E-state index in [4.69, 9.17) is 10.2 Å². The zero-order valence-corrected chi connectivity index (χ0v) is 7.28. The molecule has 0 amide bonds. The Bertz CT molecular complexity index is 355. The predicted octanol–water partition coefficient (Wildman–Crippen LogP) is 1.38. The van der Waals surface area contributed by atoms with Crippen molar-refractivity contribution in [2.75, 3.05) is 0 Å². The van der Waals surface area contributed by atoms with Crippen molar-refractivity contribution in [3.63, 3.8) is 0 Å². The second-order valence-corrected chi connectivity index (χ2v) is 3.88. The largest absolute Gasteiger partial charge is 0.360 e. The molecule has 15 heavy (non-hydrogen) atoms. The van der Waals surface area contributed by atoms with Crippen molar-refractivity contribution in [1.29, 1.82) is 0 Å². The van der Waals surface area contributed by atoms with E-state index in [9.17, 15) is 22.0 Å². The third kappa shape index (κ3) is 0.908. The number of fused-ring (bicyclic) bond motifs is 2. The highest BCUT2D eigenvalue weighted by atomic mass is 19.2. The van der Waals surface area contributed by atoms with Crippen molar-refractivity contribution in [2.24, 2.45) is 0 Å². The van der Waals surface area contributed by atoms with Crippen LogP contribution < -0.4 is 0 Å². The van der Waals surface area contributed by atoms with Crippen molar-refractivity contribution in [1.82, 2.24) is 0 Å². The summed E-state index contributed by atoms with van der Waals surface area (Å²) in [7, 11) is 0. The topological polar surface area (TPSA) is 40.5 Å². The Labute approximate surface area is 81.0 Å². The van der Waals surface area contributed by atoms with Gasteiger partial charge in [0.1, 0.15) is 0 Å². The van der Waals surface area contributed by atoms with Gasteiger partial charge in [0.05, 0.1) is 0 Å². The molecule has 2 nitrogen and oxygen atoms in total. The third-order valence-corrected chi connectivity index (χ3v) is 3.08. The highest BCUT2D eigenvalue weighted by molar-refractivity contribution is 5.38. The van der Waals surface area contributed by atoms with Crippen LogP contribution in [0.2, 0.25) is 0 Å². The third-order valence-electron chi connectivity index (χ3n) is 3.08. The van der Waals surface area contributed by atoms with Gasteiger partial charge in [-0.15, -0.1) is 0 Å². The second-order valence-electron chi connectivity index (χ2n) is 3.88. The van der Waals surface area contributed by atoms with Gasteiger partial charge in [0.2, 0.25) is 17.1 Å². The van der Waals surface area contributed by atoms with Crippen molar-refractivity contribution >= 4 is 0 Å². The summed E-state index contributed by atoms with van der Waals surface area (Å²) in [4.78, 5) is 0. The van der Waals surface area contributed by atoms with E-state index in [0.717, 1.165) is 0 Å². The first kappa shape index (κ1) is 10.8. The van der Waals surface area contributed by atoms with E-state index < -0.39 is 47.8 Å². The number of rotatable bonds is 0. The number of aliphatic hydroxyl groups is 2. The summed E-state index contributed by atoms with van der Waals surface area (Å²) >= 11 is 0. The van der Waals surface area contributed by atoms with Crippen LogP contribution in [-0.4, -0.2) is 33.5 Å². The molecular formula is C8H7F5O2. The predicted molar refractivity (Wildman–Crippen MR) is 38.2 cm³/mol. The molecule has 0 aromatic carbocycles. The molecule has 86 valence electrons. The average molecular weight is 230 g/mol. The lowest BCUT2D eigenvalue weighted by Gasteiger charge is -2.51. The lowest BCUT2D eigenvalue weighted by Crippen LogP contribution is -2.71. The van der Waals surface area contributed by atoms with Crippen LogP contribution in [0.3, 0.4) is 0 Å². The Morgan fingerprint density at radius 1 is 1.07 bits per heavy atom. The van der Waals surface area contributed by atoms with Gasteiger partial charge < -0.3 is 10.2 Å². The van der Waals surface area contributed by atoms with Crippen LogP contribution in [0.25, 0.3) is 0 Å². The standard InChI is InChI=1S/C8H7F5O2/c9-3-4(10)7(13)2-1-6(3,12)5(11)8(7,14)15/h5,14-15H,1-2H2/t5?,6-,7+/m1/s1. The monoisotopic (exact) mass is 230 g/mol. The molecule has 0 aliphatic heterocycles. The van der Waals surface area contributed by atoms with E-state index >= 15 is 0 Å². The van der Waals surface area contributed by atoms with Crippen LogP contribution in [-0.2, 0) is 0 Å². The molecule has 0 aromatic rings. The minimum Gasteiger partial charge on any atom is -0.360 e. The molecule has 1 fully saturated rings. The Kier molecular flexibility index (Phi) is 1.81. The first-order valence-electron chi connectivity index (χ1n) is 4.21. The minimum absolute atomic E-state index is 0.965. The average Bonchev–Trinajstić information content (AvgIpc) is 2.17.